The van der Waals surface area contributed by atoms with Gasteiger partial charge in [-0.1, -0.05) is 82.9 Å². The van der Waals surface area contributed by atoms with Gasteiger partial charge in [0.05, 0.1) is 26.2 Å². The maximum Gasteiger partial charge on any atom is 0.327 e. The Morgan fingerprint density at radius 3 is 1.92 bits per heavy atom. The lowest BCUT2D eigenvalue weighted by Gasteiger charge is -2.15. The highest BCUT2D eigenvalue weighted by Crippen LogP contribution is 2.12. The summed E-state index contributed by atoms with van der Waals surface area (Å²) < 4.78 is 47.1. The minimum Gasteiger partial charge on any atom is -0.466 e. The predicted octanol–water partition coefficient (Wildman–Crippen LogP) is 5.48. The number of unbranched alkanes of at least 4 members (excludes halogenated alkanes) is 12. The molecule has 10 nitrogen and oxygen atoms in total. The van der Waals surface area contributed by atoms with Gasteiger partial charge < -0.3 is 25.5 Å². The highest BCUT2D eigenvalue weighted by Gasteiger charge is 2.36. The van der Waals surface area contributed by atoms with E-state index in [1.165, 1.54) is 51.0 Å². The predicted molar refractivity (Wildman–Crippen MR) is 153 cm³/mol. The summed E-state index contributed by atoms with van der Waals surface area (Å²) in [5.74, 6) is -2.27. The Balaban J connectivity index is 0. The largest absolute Gasteiger partial charge is 0.466 e. The third-order valence-corrected chi connectivity index (χ3v) is 6.94. The number of aliphatic hydroxyl groups excluding tert-OH is 1. The molecule has 0 bridgehead atoms. The van der Waals surface area contributed by atoms with Crippen LogP contribution in [0, 0.1) is 0 Å². The van der Waals surface area contributed by atoms with E-state index in [0.717, 1.165) is 38.5 Å². The first-order chi connectivity index (χ1) is 18.2. The normalized spacial score (nSPS) is 13.0. The molecular weight excluding hydrogens is 526 g/mol. The van der Waals surface area contributed by atoms with Crippen LogP contribution in [0.1, 0.15) is 103 Å². The maximum absolute atomic E-state index is 12.1. The molecule has 0 saturated carbocycles. The molecule has 2 atom stereocenters. The van der Waals surface area contributed by atoms with E-state index < -0.39 is 46.4 Å². The number of hydrogen-bond acceptors (Lipinski definition) is 9. The standard InChI is InChI=1S/C28H50O9S.H3N/c1-3-5-6-7-8-9-10-11-12-13-14-15-16-17-18-19-21-36-27(30)22-26(38(32,33)34)28(31)37-24-25(29)23-35-20-4-2;/h4,11-12,25-26,29H,2-3,5-10,13-24H2,1H3,(H,32,33,34);1H3/b12-11-;. The van der Waals surface area contributed by atoms with Crippen molar-refractivity contribution in [1.29, 1.82) is 0 Å². The smallest absolute Gasteiger partial charge is 0.327 e. The fourth-order valence-corrected chi connectivity index (χ4v) is 4.32. The summed E-state index contributed by atoms with van der Waals surface area (Å²) in [6.45, 7) is 5.26. The lowest BCUT2D eigenvalue weighted by atomic mass is 10.1. The lowest BCUT2D eigenvalue weighted by molar-refractivity contribution is -0.152. The molecule has 0 aromatic rings. The minimum absolute atomic E-state index is 0. The Hall–Kier alpha value is -1.79. The molecule has 0 aliphatic heterocycles. The molecule has 0 aromatic heterocycles. The summed E-state index contributed by atoms with van der Waals surface area (Å²) in [5.41, 5.74) is 0. The number of aliphatic hydroxyl groups is 1. The van der Waals surface area contributed by atoms with Crippen LogP contribution in [0.3, 0.4) is 0 Å². The summed E-state index contributed by atoms with van der Waals surface area (Å²) in [4.78, 5) is 24.0. The fraction of sp³-hybridized carbons (Fsp3) is 0.786. The van der Waals surface area contributed by atoms with Gasteiger partial charge in [-0.25, -0.2) is 0 Å². The van der Waals surface area contributed by atoms with Crippen LogP contribution in [-0.2, 0) is 33.9 Å². The second-order valence-electron chi connectivity index (χ2n) is 9.48. The van der Waals surface area contributed by atoms with Crippen LogP contribution in [-0.4, -0.2) is 67.8 Å². The summed E-state index contributed by atoms with van der Waals surface area (Å²) in [7, 11) is -4.90. The van der Waals surface area contributed by atoms with E-state index in [1.807, 2.05) is 0 Å². The van der Waals surface area contributed by atoms with Gasteiger partial charge >= 0.3 is 11.9 Å². The molecule has 0 amide bonds. The van der Waals surface area contributed by atoms with Crippen molar-refractivity contribution in [3.63, 3.8) is 0 Å². The van der Waals surface area contributed by atoms with Gasteiger partial charge in [-0.2, -0.15) is 8.42 Å². The summed E-state index contributed by atoms with van der Waals surface area (Å²) >= 11 is 0. The molecule has 0 heterocycles. The van der Waals surface area contributed by atoms with Crippen LogP contribution in [0.2, 0.25) is 0 Å². The van der Waals surface area contributed by atoms with Gasteiger partial charge in [-0.3, -0.25) is 14.1 Å². The number of allylic oxidation sites excluding steroid dienone is 2. The number of esters is 2. The van der Waals surface area contributed by atoms with E-state index in [-0.39, 0.29) is 26.0 Å². The average molecular weight is 580 g/mol. The summed E-state index contributed by atoms with van der Waals surface area (Å²) in [6, 6.07) is 0. The Labute approximate surface area is 235 Å². The summed E-state index contributed by atoms with van der Waals surface area (Å²) in [6.07, 6.45) is 20.1. The Morgan fingerprint density at radius 2 is 1.38 bits per heavy atom. The molecule has 230 valence electrons. The van der Waals surface area contributed by atoms with Crippen molar-refractivity contribution in [1.82, 2.24) is 6.15 Å². The van der Waals surface area contributed by atoms with Crippen LogP contribution in [0.5, 0.6) is 0 Å². The number of carbonyl (C=O) groups excluding carboxylic acids is 2. The average Bonchev–Trinajstić information content (AvgIpc) is 2.87. The first-order valence-corrected chi connectivity index (χ1v) is 15.5. The van der Waals surface area contributed by atoms with E-state index in [1.54, 1.807) is 0 Å². The molecule has 0 aromatic carbocycles. The second kappa shape index (κ2) is 26.4. The zero-order chi connectivity index (χ0) is 28.5. The topological polar surface area (TPSA) is 171 Å². The number of rotatable bonds is 26. The molecule has 0 fully saturated rings. The van der Waals surface area contributed by atoms with Crippen molar-refractivity contribution in [2.24, 2.45) is 0 Å². The van der Waals surface area contributed by atoms with Gasteiger partial charge in [0, 0.05) is 0 Å². The number of hydrogen-bond donors (Lipinski definition) is 3. The quantitative estimate of drug-likeness (QED) is 0.0515. The molecule has 0 aliphatic carbocycles. The highest BCUT2D eigenvalue weighted by molar-refractivity contribution is 7.87. The van der Waals surface area contributed by atoms with Crippen molar-refractivity contribution in [2.75, 3.05) is 26.4 Å². The van der Waals surface area contributed by atoms with E-state index in [2.05, 4.69) is 25.7 Å². The van der Waals surface area contributed by atoms with E-state index in [9.17, 15) is 27.7 Å². The molecule has 0 spiro atoms. The molecule has 0 radical (unpaired) electrons. The van der Waals surface area contributed by atoms with Gasteiger partial charge in [-0.15, -0.1) is 6.58 Å². The molecular formula is C28H53NO9S. The van der Waals surface area contributed by atoms with Crippen molar-refractivity contribution in [3.05, 3.63) is 24.8 Å². The van der Waals surface area contributed by atoms with Gasteiger partial charge in [-0.05, 0) is 32.1 Å². The first kappa shape index (κ1) is 39.4. The van der Waals surface area contributed by atoms with Crippen molar-refractivity contribution in [2.45, 2.75) is 115 Å². The Kier molecular flexibility index (Phi) is 26.7. The molecule has 0 rings (SSSR count). The molecule has 0 aliphatic rings. The third kappa shape index (κ3) is 25.0. The zero-order valence-corrected chi connectivity index (χ0v) is 24.7. The molecule has 0 saturated heterocycles. The number of carbonyl (C=O) groups is 2. The van der Waals surface area contributed by atoms with E-state index in [0.29, 0.717) is 6.42 Å². The van der Waals surface area contributed by atoms with Crippen molar-refractivity contribution in [3.8, 4) is 0 Å². The Bertz CT molecular complexity index is 756. The fourth-order valence-electron chi connectivity index (χ4n) is 3.66. The second-order valence-corrected chi connectivity index (χ2v) is 11.1. The van der Waals surface area contributed by atoms with Gasteiger partial charge in [0.1, 0.15) is 12.7 Å². The molecule has 39 heavy (non-hydrogen) atoms. The van der Waals surface area contributed by atoms with Gasteiger partial charge in [0.25, 0.3) is 10.1 Å². The first-order valence-electron chi connectivity index (χ1n) is 14.0. The molecule has 2 unspecified atom stereocenters. The van der Waals surface area contributed by atoms with Crippen LogP contribution in [0.25, 0.3) is 0 Å². The van der Waals surface area contributed by atoms with Crippen molar-refractivity contribution < 1.29 is 41.9 Å². The highest BCUT2D eigenvalue weighted by atomic mass is 32.2. The van der Waals surface area contributed by atoms with E-state index >= 15 is 0 Å². The summed E-state index contributed by atoms with van der Waals surface area (Å²) in [5, 5.41) is 7.55. The maximum atomic E-state index is 12.1. The molecule has 11 heteroatoms. The number of ether oxygens (including phenoxy) is 3. The van der Waals surface area contributed by atoms with Crippen LogP contribution in [0.4, 0.5) is 0 Å². The van der Waals surface area contributed by atoms with Crippen LogP contribution in [0.15, 0.2) is 24.8 Å². The third-order valence-electron chi connectivity index (χ3n) is 5.86. The Morgan fingerprint density at radius 1 is 0.846 bits per heavy atom. The van der Waals surface area contributed by atoms with E-state index in [4.69, 9.17) is 14.2 Å². The SMILES string of the molecule is C=CCOCC(O)COC(=O)C(CC(=O)OCCCCCCCC/C=C\CCCCCCCC)S(=O)(=O)O.N. The van der Waals surface area contributed by atoms with Gasteiger partial charge in [0.15, 0.2) is 5.25 Å². The minimum atomic E-state index is -4.90. The van der Waals surface area contributed by atoms with Crippen molar-refractivity contribution >= 4 is 22.1 Å². The molecule has 5 N–H and O–H groups in total. The lowest BCUT2D eigenvalue weighted by Crippen LogP contribution is -2.36. The van der Waals surface area contributed by atoms with Crippen LogP contribution < -0.4 is 6.15 Å². The zero-order valence-electron chi connectivity index (χ0n) is 23.9. The van der Waals surface area contributed by atoms with Gasteiger partial charge in [0.2, 0.25) is 0 Å². The van der Waals surface area contributed by atoms with Crippen LogP contribution >= 0.6 is 0 Å². The monoisotopic (exact) mass is 579 g/mol.